The lowest BCUT2D eigenvalue weighted by atomic mass is 10.0. The first-order chi connectivity index (χ1) is 8.67. The molecule has 0 aromatic heterocycles. The average molecular weight is 346 g/mol. The molecule has 18 heavy (non-hydrogen) atoms. The standard InChI is InChI=1S/C13H14BrClN2S/c14-9-3-4-11(10(15)7-9)16-12-17-13(8-18-12)5-1-2-6-13/h3-4,7H,1-2,5-6,8H2,(H,16,17). The fourth-order valence-electron chi connectivity index (χ4n) is 2.54. The predicted molar refractivity (Wildman–Crippen MR) is 83.9 cm³/mol. The van der Waals surface area contributed by atoms with Crippen LogP contribution in [-0.4, -0.2) is 16.5 Å². The number of benzene rings is 1. The SMILES string of the molecule is Clc1cc(Br)ccc1NC1=NC2(CCCC2)CS1. The highest BCUT2D eigenvalue weighted by Gasteiger charge is 2.38. The van der Waals surface area contributed by atoms with Gasteiger partial charge in [0.2, 0.25) is 0 Å². The maximum Gasteiger partial charge on any atom is 0.161 e. The van der Waals surface area contributed by atoms with E-state index in [4.69, 9.17) is 16.6 Å². The van der Waals surface area contributed by atoms with Crippen LogP contribution in [0.25, 0.3) is 0 Å². The number of anilines is 1. The van der Waals surface area contributed by atoms with Crippen LogP contribution in [0.1, 0.15) is 25.7 Å². The Morgan fingerprint density at radius 3 is 2.83 bits per heavy atom. The molecule has 3 rings (SSSR count). The number of aliphatic imine (C=N–C) groups is 1. The molecule has 0 amide bonds. The van der Waals surface area contributed by atoms with E-state index in [1.807, 2.05) is 30.0 Å². The number of nitrogens with zero attached hydrogens (tertiary/aromatic N) is 1. The normalized spacial score (nSPS) is 21.3. The van der Waals surface area contributed by atoms with Crippen LogP contribution in [0.15, 0.2) is 27.7 Å². The van der Waals surface area contributed by atoms with Crippen LogP contribution in [0.3, 0.4) is 0 Å². The van der Waals surface area contributed by atoms with Gasteiger partial charge >= 0.3 is 0 Å². The monoisotopic (exact) mass is 344 g/mol. The van der Waals surface area contributed by atoms with Crippen molar-refractivity contribution in [1.29, 1.82) is 0 Å². The third-order valence-electron chi connectivity index (χ3n) is 3.52. The number of hydrogen-bond acceptors (Lipinski definition) is 3. The largest absolute Gasteiger partial charge is 0.334 e. The van der Waals surface area contributed by atoms with Crippen LogP contribution in [0.5, 0.6) is 0 Å². The highest BCUT2D eigenvalue weighted by atomic mass is 79.9. The first-order valence-corrected chi connectivity index (χ1v) is 8.27. The van der Waals surface area contributed by atoms with Crippen LogP contribution < -0.4 is 5.32 Å². The Balaban J connectivity index is 1.77. The van der Waals surface area contributed by atoms with Crippen LogP contribution in [-0.2, 0) is 0 Å². The molecule has 1 aliphatic heterocycles. The molecule has 0 unspecified atom stereocenters. The maximum atomic E-state index is 6.20. The molecule has 1 aromatic rings. The third kappa shape index (κ3) is 2.56. The second kappa shape index (κ2) is 5.06. The molecule has 1 aromatic carbocycles. The Morgan fingerprint density at radius 1 is 1.33 bits per heavy atom. The molecule has 1 spiro atoms. The number of rotatable bonds is 1. The number of thioether (sulfide) groups is 1. The van der Waals surface area contributed by atoms with Gasteiger partial charge in [-0.25, -0.2) is 0 Å². The Morgan fingerprint density at radius 2 is 2.11 bits per heavy atom. The third-order valence-corrected chi connectivity index (χ3v) is 5.48. The van der Waals surface area contributed by atoms with Gasteiger partial charge in [0.05, 0.1) is 16.2 Å². The highest BCUT2D eigenvalue weighted by molar-refractivity contribution is 9.10. The van der Waals surface area contributed by atoms with E-state index in [2.05, 4.69) is 21.2 Å². The molecular formula is C13H14BrClN2S. The van der Waals surface area contributed by atoms with E-state index >= 15 is 0 Å². The van der Waals surface area contributed by atoms with Crippen molar-refractivity contribution in [3.63, 3.8) is 0 Å². The van der Waals surface area contributed by atoms with E-state index in [1.165, 1.54) is 25.7 Å². The Hall–Kier alpha value is -0.190. The summed E-state index contributed by atoms with van der Waals surface area (Å²) in [6, 6.07) is 5.87. The summed E-state index contributed by atoms with van der Waals surface area (Å²) in [6.45, 7) is 0. The van der Waals surface area contributed by atoms with Gasteiger partial charge in [-0.05, 0) is 31.0 Å². The highest BCUT2D eigenvalue weighted by Crippen LogP contribution is 2.41. The fourth-order valence-corrected chi connectivity index (χ4v) is 4.46. The number of halogens is 2. The summed E-state index contributed by atoms with van der Waals surface area (Å²) in [5.41, 5.74) is 1.15. The van der Waals surface area contributed by atoms with E-state index in [9.17, 15) is 0 Å². The number of amidine groups is 1. The van der Waals surface area contributed by atoms with E-state index in [-0.39, 0.29) is 5.54 Å². The molecule has 1 fully saturated rings. The van der Waals surface area contributed by atoms with Gasteiger partial charge in [0, 0.05) is 10.2 Å². The van der Waals surface area contributed by atoms with Crippen molar-refractivity contribution in [2.24, 2.45) is 4.99 Å². The van der Waals surface area contributed by atoms with Gasteiger partial charge < -0.3 is 5.32 Å². The minimum atomic E-state index is 0.217. The first kappa shape index (κ1) is 12.8. The van der Waals surface area contributed by atoms with E-state index < -0.39 is 0 Å². The smallest absolute Gasteiger partial charge is 0.161 e. The van der Waals surface area contributed by atoms with Crippen molar-refractivity contribution in [2.45, 2.75) is 31.2 Å². The number of nitrogens with one attached hydrogen (secondary N) is 1. The topological polar surface area (TPSA) is 24.4 Å². The quantitative estimate of drug-likeness (QED) is 0.780. The summed E-state index contributed by atoms with van der Waals surface area (Å²) in [7, 11) is 0. The molecule has 2 aliphatic rings. The van der Waals surface area contributed by atoms with Crippen molar-refractivity contribution in [3.8, 4) is 0 Å². The van der Waals surface area contributed by atoms with Crippen molar-refractivity contribution in [1.82, 2.24) is 0 Å². The molecule has 1 heterocycles. The lowest BCUT2D eigenvalue weighted by Gasteiger charge is -2.16. The molecule has 1 saturated carbocycles. The fraction of sp³-hybridized carbons (Fsp3) is 0.462. The van der Waals surface area contributed by atoms with Gasteiger partial charge in [-0.15, -0.1) is 0 Å². The summed E-state index contributed by atoms with van der Waals surface area (Å²) in [4.78, 5) is 4.88. The Kier molecular flexibility index (Phi) is 3.61. The Bertz CT molecular complexity index is 498. The van der Waals surface area contributed by atoms with Crippen molar-refractivity contribution in [3.05, 3.63) is 27.7 Å². The van der Waals surface area contributed by atoms with Gasteiger partial charge in [0.25, 0.3) is 0 Å². The zero-order chi connectivity index (χ0) is 12.6. The summed E-state index contributed by atoms with van der Waals surface area (Å²) in [6.07, 6.45) is 5.10. The molecule has 0 saturated heterocycles. The van der Waals surface area contributed by atoms with Crippen LogP contribution in [0, 0.1) is 0 Å². The first-order valence-electron chi connectivity index (χ1n) is 6.12. The van der Waals surface area contributed by atoms with Gasteiger partial charge in [-0.2, -0.15) is 0 Å². The van der Waals surface area contributed by atoms with Crippen LogP contribution in [0.2, 0.25) is 5.02 Å². The minimum absolute atomic E-state index is 0.217. The molecule has 96 valence electrons. The zero-order valence-electron chi connectivity index (χ0n) is 9.88. The lowest BCUT2D eigenvalue weighted by Crippen LogP contribution is -2.21. The van der Waals surface area contributed by atoms with Gasteiger partial charge in [0.15, 0.2) is 5.17 Å². The molecule has 0 bridgehead atoms. The van der Waals surface area contributed by atoms with Crippen molar-refractivity contribution < 1.29 is 0 Å². The number of hydrogen-bond donors (Lipinski definition) is 1. The molecule has 0 atom stereocenters. The minimum Gasteiger partial charge on any atom is -0.334 e. The second-order valence-electron chi connectivity index (χ2n) is 4.89. The lowest BCUT2D eigenvalue weighted by molar-refractivity contribution is 0.508. The van der Waals surface area contributed by atoms with Crippen LogP contribution >= 0.6 is 39.3 Å². The predicted octanol–water partition coefficient (Wildman–Crippen LogP) is 4.93. The van der Waals surface area contributed by atoms with Crippen LogP contribution in [0.4, 0.5) is 5.69 Å². The molecule has 5 heteroatoms. The molecule has 2 nitrogen and oxygen atoms in total. The molecule has 1 N–H and O–H groups in total. The van der Waals surface area contributed by atoms with Crippen molar-refractivity contribution >= 4 is 50.1 Å². The maximum absolute atomic E-state index is 6.20. The average Bonchev–Trinajstić information content (AvgIpc) is 2.94. The molecule has 0 radical (unpaired) electrons. The van der Waals surface area contributed by atoms with Gasteiger partial charge in [-0.1, -0.05) is 52.1 Å². The van der Waals surface area contributed by atoms with E-state index in [1.54, 1.807) is 0 Å². The Labute approximate surface area is 125 Å². The summed E-state index contributed by atoms with van der Waals surface area (Å²) < 4.78 is 0.992. The van der Waals surface area contributed by atoms with E-state index in [0.29, 0.717) is 0 Å². The van der Waals surface area contributed by atoms with Gasteiger partial charge in [0.1, 0.15) is 0 Å². The summed E-state index contributed by atoms with van der Waals surface area (Å²) in [5, 5.41) is 5.08. The molecule has 1 aliphatic carbocycles. The summed E-state index contributed by atoms with van der Waals surface area (Å²) >= 11 is 11.4. The zero-order valence-corrected chi connectivity index (χ0v) is 13.0. The second-order valence-corrected chi connectivity index (χ2v) is 7.17. The van der Waals surface area contributed by atoms with Crippen molar-refractivity contribution in [2.75, 3.05) is 11.1 Å². The summed E-state index contributed by atoms with van der Waals surface area (Å²) in [5.74, 6) is 1.11. The molecular weight excluding hydrogens is 332 g/mol. The van der Waals surface area contributed by atoms with E-state index in [0.717, 1.165) is 26.1 Å². The van der Waals surface area contributed by atoms with Gasteiger partial charge in [-0.3, -0.25) is 4.99 Å².